The minimum atomic E-state index is -0.875. The molecule has 0 aliphatic carbocycles. The second-order valence-electron chi connectivity index (χ2n) is 5.77. The Morgan fingerprint density at radius 1 is 1.05 bits per heavy atom. The zero-order valence-electron chi connectivity index (χ0n) is 12.8. The van der Waals surface area contributed by atoms with E-state index in [1.807, 2.05) is 6.07 Å². The van der Waals surface area contributed by atoms with Crippen LogP contribution >= 0.6 is 0 Å². The van der Waals surface area contributed by atoms with Crippen LogP contribution in [0, 0.1) is 0 Å². The molecule has 114 valence electrons. The number of H-pyrrole nitrogens is 1. The van der Waals surface area contributed by atoms with Crippen LogP contribution in [0.2, 0.25) is 0 Å². The first kappa shape index (κ1) is 15.6. The van der Waals surface area contributed by atoms with E-state index in [1.54, 1.807) is 12.1 Å². The van der Waals surface area contributed by atoms with E-state index in [2.05, 4.69) is 18.0 Å². The van der Waals surface area contributed by atoms with Crippen molar-refractivity contribution in [2.24, 2.45) is 0 Å². The summed E-state index contributed by atoms with van der Waals surface area (Å²) in [6, 6.07) is 7.39. The number of hydrogen-bond donors (Lipinski definition) is 2. The molecule has 2 N–H and O–H groups in total. The average molecular weight is 287 g/mol. The molecule has 0 amide bonds. The maximum absolute atomic E-state index is 11.0. The largest absolute Gasteiger partial charge is 0.478 e. The van der Waals surface area contributed by atoms with Gasteiger partial charge in [0.15, 0.2) is 0 Å². The van der Waals surface area contributed by atoms with E-state index in [0.717, 1.165) is 17.3 Å². The second kappa shape index (κ2) is 7.87. The molecule has 21 heavy (non-hydrogen) atoms. The van der Waals surface area contributed by atoms with Crippen LogP contribution in [0.15, 0.2) is 24.3 Å². The lowest BCUT2D eigenvalue weighted by Crippen LogP contribution is -1.94. The van der Waals surface area contributed by atoms with Crippen LogP contribution in [0.5, 0.6) is 0 Å². The molecular weight excluding hydrogens is 262 g/mol. The number of nitrogens with one attached hydrogen (secondary N) is 1. The van der Waals surface area contributed by atoms with Gasteiger partial charge < -0.3 is 10.1 Å². The van der Waals surface area contributed by atoms with Crippen LogP contribution in [-0.2, 0) is 6.42 Å². The number of unbranched alkanes of at least 4 members (excludes halogenated alkanes) is 6. The number of hydrogen-bond acceptors (Lipinski definition) is 1. The Labute approximate surface area is 126 Å². The summed E-state index contributed by atoms with van der Waals surface area (Å²) < 4.78 is 0. The number of carboxylic acids is 1. The first-order valence-corrected chi connectivity index (χ1v) is 8.05. The summed E-state index contributed by atoms with van der Waals surface area (Å²) in [4.78, 5) is 14.3. The molecule has 0 spiro atoms. The normalized spacial score (nSPS) is 11.1. The van der Waals surface area contributed by atoms with Gasteiger partial charge in [0.2, 0.25) is 0 Å². The van der Waals surface area contributed by atoms with Gasteiger partial charge in [-0.05, 0) is 36.4 Å². The van der Waals surface area contributed by atoms with E-state index < -0.39 is 5.97 Å². The Morgan fingerprint density at radius 3 is 2.48 bits per heavy atom. The highest BCUT2D eigenvalue weighted by Crippen LogP contribution is 2.19. The molecule has 1 heterocycles. The molecule has 0 radical (unpaired) electrons. The SMILES string of the molecule is CCCCCCCCCc1cc2ccc(C(=O)O)cc2[nH]1. The van der Waals surface area contributed by atoms with Gasteiger partial charge in [0.25, 0.3) is 0 Å². The number of carbonyl (C=O) groups is 1. The van der Waals surface area contributed by atoms with E-state index in [9.17, 15) is 4.79 Å². The van der Waals surface area contributed by atoms with Crippen molar-refractivity contribution in [1.29, 1.82) is 0 Å². The van der Waals surface area contributed by atoms with Crippen LogP contribution < -0.4 is 0 Å². The zero-order chi connectivity index (χ0) is 15.1. The fourth-order valence-corrected chi connectivity index (χ4v) is 2.73. The third-order valence-electron chi connectivity index (χ3n) is 3.97. The van der Waals surface area contributed by atoms with Crippen molar-refractivity contribution < 1.29 is 9.90 Å². The molecule has 3 heteroatoms. The van der Waals surface area contributed by atoms with Crippen LogP contribution in [0.3, 0.4) is 0 Å². The summed E-state index contributed by atoms with van der Waals surface area (Å²) in [7, 11) is 0. The van der Waals surface area contributed by atoms with Crippen LogP contribution in [0.25, 0.3) is 10.9 Å². The monoisotopic (exact) mass is 287 g/mol. The molecular formula is C18H25NO2. The fraction of sp³-hybridized carbons (Fsp3) is 0.500. The number of aryl methyl sites for hydroxylation is 1. The lowest BCUT2D eigenvalue weighted by atomic mass is 10.1. The molecule has 0 aliphatic rings. The van der Waals surface area contributed by atoms with Gasteiger partial charge in [-0.15, -0.1) is 0 Å². The first-order chi connectivity index (χ1) is 10.2. The maximum Gasteiger partial charge on any atom is 0.335 e. The van der Waals surface area contributed by atoms with Gasteiger partial charge in [0.05, 0.1) is 5.56 Å². The number of rotatable bonds is 9. The van der Waals surface area contributed by atoms with Gasteiger partial charge in [-0.1, -0.05) is 51.5 Å². The molecule has 0 saturated carbocycles. The molecule has 0 atom stereocenters. The second-order valence-corrected chi connectivity index (χ2v) is 5.77. The van der Waals surface area contributed by atoms with Crippen molar-refractivity contribution in [1.82, 2.24) is 4.98 Å². The standard InChI is InChI=1S/C18H25NO2/c1-2-3-4-5-6-7-8-9-16-12-14-10-11-15(18(20)21)13-17(14)19-16/h10-13,19H,2-9H2,1H3,(H,20,21). The van der Waals surface area contributed by atoms with Crippen LogP contribution in [0.4, 0.5) is 0 Å². The van der Waals surface area contributed by atoms with E-state index in [-0.39, 0.29) is 0 Å². The third-order valence-corrected chi connectivity index (χ3v) is 3.97. The minimum absolute atomic E-state index is 0.340. The zero-order valence-corrected chi connectivity index (χ0v) is 12.8. The first-order valence-electron chi connectivity index (χ1n) is 8.05. The Balaban J connectivity index is 1.81. The van der Waals surface area contributed by atoms with E-state index in [4.69, 9.17) is 5.11 Å². The predicted octanol–water partition coefficient (Wildman–Crippen LogP) is 5.16. The smallest absolute Gasteiger partial charge is 0.335 e. The molecule has 0 unspecified atom stereocenters. The molecule has 2 aromatic rings. The Hall–Kier alpha value is -1.77. The lowest BCUT2D eigenvalue weighted by Gasteiger charge is -2.00. The van der Waals surface area contributed by atoms with Crippen molar-refractivity contribution in [2.45, 2.75) is 58.3 Å². The van der Waals surface area contributed by atoms with Gasteiger partial charge in [-0.2, -0.15) is 0 Å². The molecule has 1 aromatic carbocycles. The maximum atomic E-state index is 11.0. The van der Waals surface area contributed by atoms with Gasteiger partial charge >= 0.3 is 5.97 Å². The van der Waals surface area contributed by atoms with Crippen molar-refractivity contribution >= 4 is 16.9 Å². The lowest BCUT2D eigenvalue weighted by molar-refractivity contribution is 0.0697. The summed E-state index contributed by atoms with van der Waals surface area (Å²) in [5, 5.41) is 10.1. The summed E-state index contributed by atoms with van der Waals surface area (Å²) in [6.07, 6.45) is 10.2. The Bertz CT molecular complexity index is 586. The minimum Gasteiger partial charge on any atom is -0.478 e. The Morgan fingerprint density at radius 2 is 1.76 bits per heavy atom. The molecule has 0 aliphatic heterocycles. The van der Waals surface area contributed by atoms with Crippen LogP contribution in [0.1, 0.15) is 67.9 Å². The van der Waals surface area contributed by atoms with Gasteiger partial charge in [0, 0.05) is 11.2 Å². The van der Waals surface area contributed by atoms with Crippen molar-refractivity contribution in [3.05, 3.63) is 35.5 Å². The number of aromatic nitrogens is 1. The number of fused-ring (bicyclic) bond motifs is 1. The Kier molecular flexibility index (Phi) is 5.85. The van der Waals surface area contributed by atoms with Gasteiger partial charge in [-0.25, -0.2) is 4.79 Å². The predicted molar refractivity (Wildman–Crippen MR) is 87.0 cm³/mol. The number of carboxylic acid groups (broad SMARTS) is 1. The number of aromatic carboxylic acids is 1. The fourth-order valence-electron chi connectivity index (χ4n) is 2.73. The van der Waals surface area contributed by atoms with Crippen molar-refractivity contribution in [3.63, 3.8) is 0 Å². The van der Waals surface area contributed by atoms with E-state index >= 15 is 0 Å². The van der Waals surface area contributed by atoms with Gasteiger partial charge in [-0.3, -0.25) is 0 Å². The highest BCUT2D eigenvalue weighted by molar-refractivity contribution is 5.93. The van der Waals surface area contributed by atoms with Crippen molar-refractivity contribution in [2.75, 3.05) is 0 Å². The van der Waals surface area contributed by atoms with E-state index in [0.29, 0.717) is 5.56 Å². The molecule has 1 aromatic heterocycles. The van der Waals surface area contributed by atoms with Gasteiger partial charge in [0.1, 0.15) is 0 Å². The summed E-state index contributed by atoms with van der Waals surface area (Å²) in [6.45, 7) is 2.24. The molecule has 3 nitrogen and oxygen atoms in total. The average Bonchev–Trinajstić information content (AvgIpc) is 2.88. The van der Waals surface area contributed by atoms with Crippen LogP contribution in [-0.4, -0.2) is 16.1 Å². The molecule has 2 rings (SSSR count). The summed E-state index contributed by atoms with van der Waals surface area (Å²) in [5.41, 5.74) is 2.47. The molecule has 0 bridgehead atoms. The van der Waals surface area contributed by atoms with E-state index in [1.165, 1.54) is 50.6 Å². The number of aromatic amines is 1. The highest BCUT2D eigenvalue weighted by Gasteiger charge is 2.06. The highest BCUT2D eigenvalue weighted by atomic mass is 16.4. The third kappa shape index (κ3) is 4.62. The van der Waals surface area contributed by atoms with Crippen molar-refractivity contribution in [3.8, 4) is 0 Å². The molecule has 0 fully saturated rings. The topological polar surface area (TPSA) is 53.1 Å². The molecule has 0 saturated heterocycles. The quantitative estimate of drug-likeness (QED) is 0.626. The number of benzene rings is 1. The summed E-state index contributed by atoms with van der Waals surface area (Å²) >= 11 is 0. The summed E-state index contributed by atoms with van der Waals surface area (Å²) in [5.74, 6) is -0.875.